The summed E-state index contributed by atoms with van der Waals surface area (Å²) in [5, 5.41) is 12.0. The molecule has 0 unspecified atom stereocenters. The first-order valence-corrected chi connectivity index (χ1v) is 9.07. The molecule has 27 heavy (non-hydrogen) atoms. The Morgan fingerprint density at radius 3 is 2.44 bits per heavy atom. The summed E-state index contributed by atoms with van der Waals surface area (Å²) >= 11 is 0. The molecule has 1 saturated heterocycles. The van der Waals surface area contributed by atoms with Crippen LogP contribution < -0.4 is 5.32 Å². The van der Waals surface area contributed by atoms with Crippen LogP contribution in [0.1, 0.15) is 39.3 Å². The van der Waals surface area contributed by atoms with Gasteiger partial charge in [0.2, 0.25) is 0 Å². The minimum atomic E-state index is 0.0509. The molecule has 1 aromatic heterocycles. The van der Waals surface area contributed by atoms with E-state index in [1.807, 2.05) is 25.2 Å². The van der Waals surface area contributed by atoms with Gasteiger partial charge in [-0.2, -0.15) is 0 Å². The lowest BCUT2D eigenvalue weighted by Crippen LogP contribution is -2.33. The zero-order valence-corrected chi connectivity index (χ0v) is 16.1. The van der Waals surface area contributed by atoms with E-state index in [1.165, 1.54) is 6.07 Å². The standard InChI is InChI=1S/C13H19N3O.C8H8O2/c1-14-12-5-3-4-11(15-12)13(17)10-6-8-16(2)9-7-10;1-6-3-2-4-8(10)7(6)5-9/h3-5,10H,6-9H2,1-2H3,(H,14,15);2-5,10H,1H3. The molecule has 1 aliphatic rings. The quantitative estimate of drug-likeness (QED) is 0.636. The summed E-state index contributed by atoms with van der Waals surface area (Å²) in [6, 6.07) is 10.5. The number of Topliss-reactive ketones (excluding diaryl/α,β-unsaturated/α-hetero) is 1. The molecule has 0 bridgehead atoms. The van der Waals surface area contributed by atoms with Gasteiger partial charge in [0.15, 0.2) is 12.1 Å². The van der Waals surface area contributed by atoms with Gasteiger partial charge in [0.1, 0.15) is 17.3 Å². The maximum atomic E-state index is 12.3. The Hall–Kier alpha value is -2.73. The Kier molecular flexibility index (Phi) is 7.49. The number of aryl methyl sites for hydroxylation is 1. The fraction of sp³-hybridized carbons (Fsp3) is 0.381. The number of aromatic hydroxyl groups is 1. The van der Waals surface area contributed by atoms with Gasteiger partial charge in [-0.05, 0) is 63.7 Å². The van der Waals surface area contributed by atoms with E-state index >= 15 is 0 Å². The number of carbonyl (C=O) groups is 2. The molecular formula is C21H27N3O3. The van der Waals surface area contributed by atoms with Crippen LogP contribution in [-0.4, -0.2) is 54.2 Å². The van der Waals surface area contributed by atoms with Gasteiger partial charge in [0, 0.05) is 13.0 Å². The SMILES string of the molecule is CNc1cccc(C(=O)C2CCN(C)CC2)n1.Cc1cccc(O)c1C=O. The lowest BCUT2D eigenvalue weighted by Gasteiger charge is -2.27. The second-order valence-electron chi connectivity index (χ2n) is 6.73. The summed E-state index contributed by atoms with van der Waals surface area (Å²) in [5.74, 6) is 1.14. The molecule has 0 amide bonds. The first kappa shape index (κ1) is 20.6. The number of nitrogens with zero attached hydrogens (tertiary/aromatic N) is 2. The molecule has 2 N–H and O–H groups in total. The molecule has 6 nitrogen and oxygen atoms in total. The van der Waals surface area contributed by atoms with E-state index in [0.717, 1.165) is 37.3 Å². The number of rotatable bonds is 4. The number of aldehydes is 1. The van der Waals surface area contributed by atoms with Gasteiger partial charge in [-0.25, -0.2) is 4.98 Å². The highest BCUT2D eigenvalue weighted by atomic mass is 16.3. The number of benzene rings is 1. The van der Waals surface area contributed by atoms with Crippen molar-refractivity contribution in [3.05, 3.63) is 53.2 Å². The van der Waals surface area contributed by atoms with Crippen molar-refractivity contribution in [1.29, 1.82) is 0 Å². The summed E-state index contributed by atoms with van der Waals surface area (Å²) < 4.78 is 0. The number of phenols is 1. The van der Waals surface area contributed by atoms with Crippen LogP contribution >= 0.6 is 0 Å². The summed E-state index contributed by atoms with van der Waals surface area (Å²) in [6.07, 6.45) is 2.55. The number of nitrogens with one attached hydrogen (secondary N) is 1. The van der Waals surface area contributed by atoms with E-state index < -0.39 is 0 Å². The fourth-order valence-electron chi connectivity index (χ4n) is 3.01. The molecule has 0 atom stereocenters. The van der Waals surface area contributed by atoms with Crippen LogP contribution in [0.15, 0.2) is 36.4 Å². The maximum Gasteiger partial charge on any atom is 0.184 e. The highest BCUT2D eigenvalue weighted by molar-refractivity contribution is 5.96. The molecular weight excluding hydrogens is 342 g/mol. The predicted molar refractivity (Wildman–Crippen MR) is 107 cm³/mol. The third-order valence-electron chi connectivity index (χ3n) is 4.77. The summed E-state index contributed by atoms with van der Waals surface area (Å²) in [7, 11) is 3.91. The number of phenolic OH excluding ortho intramolecular Hbond substituents is 1. The predicted octanol–water partition coefficient (Wildman–Crippen LogP) is 3.16. The largest absolute Gasteiger partial charge is 0.507 e. The van der Waals surface area contributed by atoms with Crippen molar-refractivity contribution in [1.82, 2.24) is 9.88 Å². The van der Waals surface area contributed by atoms with Gasteiger partial charge in [-0.1, -0.05) is 18.2 Å². The second-order valence-corrected chi connectivity index (χ2v) is 6.73. The number of likely N-dealkylation sites (tertiary alicyclic amines) is 1. The van der Waals surface area contributed by atoms with Crippen molar-refractivity contribution in [2.75, 3.05) is 32.5 Å². The lowest BCUT2D eigenvalue weighted by atomic mass is 9.91. The molecule has 3 rings (SSSR count). The first-order valence-electron chi connectivity index (χ1n) is 9.07. The van der Waals surface area contributed by atoms with E-state index in [2.05, 4.69) is 22.2 Å². The maximum absolute atomic E-state index is 12.3. The van der Waals surface area contributed by atoms with Gasteiger partial charge in [0.05, 0.1) is 5.56 Å². The van der Waals surface area contributed by atoms with Crippen molar-refractivity contribution in [2.24, 2.45) is 5.92 Å². The molecule has 1 aromatic carbocycles. The summed E-state index contributed by atoms with van der Waals surface area (Å²) in [6.45, 7) is 3.79. The van der Waals surface area contributed by atoms with Crippen LogP contribution in [-0.2, 0) is 0 Å². The number of piperidine rings is 1. The highest BCUT2D eigenvalue weighted by Gasteiger charge is 2.25. The molecule has 2 aromatic rings. The summed E-state index contributed by atoms with van der Waals surface area (Å²) in [5.41, 5.74) is 1.77. The van der Waals surface area contributed by atoms with E-state index in [1.54, 1.807) is 19.1 Å². The van der Waals surface area contributed by atoms with Crippen molar-refractivity contribution < 1.29 is 14.7 Å². The number of aromatic nitrogens is 1. The first-order chi connectivity index (χ1) is 13.0. The topological polar surface area (TPSA) is 82.5 Å². The summed E-state index contributed by atoms with van der Waals surface area (Å²) in [4.78, 5) is 29.1. The number of hydrogen-bond acceptors (Lipinski definition) is 6. The van der Waals surface area contributed by atoms with Crippen LogP contribution in [0.5, 0.6) is 5.75 Å². The average Bonchev–Trinajstić information content (AvgIpc) is 2.69. The van der Waals surface area contributed by atoms with Crippen LogP contribution in [0, 0.1) is 12.8 Å². The molecule has 0 spiro atoms. The molecule has 1 fully saturated rings. The third kappa shape index (κ3) is 5.62. The molecule has 0 radical (unpaired) electrons. The molecule has 1 aliphatic heterocycles. The highest BCUT2D eigenvalue weighted by Crippen LogP contribution is 2.20. The van der Waals surface area contributed by atoms with E-state index in [0.29, 0.717) is 17.5 Å². The number of ketones is 1. The molecule has 6 heteroatoms. The van der Waals surface area contributed by atoms with Crippen molar-refractivity contribution >= 4 is 17.9 Å². The second kappa shape index (κ2) is 9.83. The zero-order valence-electron chi connectivity index (χ0n) is 16.1. The van der Waals surface area contributed by atoms with Crippen LogP contribution in [0.4, 0.5) is 5.82 Å². The van der Waals surface area contributed by atoms with Gasteiger partial charge in [-0.15, -0.1) is 0 Å². The Labute approximate surface area is 160 Å². The third-order valence-corrected chi connectivity index (χ3v) is 4.77. The van der Waals surface area contributed by atoms with Gasteiger partial charge < -0.3 is 15.3 Å². The van der Waals surface area contributed by atoms with Gasteiger partial charge in [-0.3, -0.25) is 9.59 Å². The number of anilines is 1. The molecule has 144 valence electrons. The molecule has 0 aliphatic carbocycles. The van der Waals surface area contributed by atoms with E-state index in [4.69, 9.17) is 5.11 Å². The van der Waals surface area contributed by atoms with Crippen LogP contribution in [0.3, 0.4) is 0 Å². The van der Waals surface area contributed by atoms with Gasteiger partial charge >= 0.3 is 0 Å². The fourth-order valence-corrected chi connectivity index (χ4v) is 3.01. The normalized spacial score (nSPS) is 14.8. The number of carbonyl (C=O) groups excluding carboxylic acids is 2. The van der Waals surface area contributed by atoms with Crippen molar-refractivity contribution in [3.63, 3.8) is 0 Å². The van der Waals surface area contributed by atoms with Crippen LogP contribution in [0.2, 0.25) is 0 Å². The van der Waals surface area contributed by atoms with Crippen molar-refractivity contribution in [2.45, 2.75) is 19.8 Å². The zero-order chi connectivity index (χ0) is 19.8. The molecule has 0 saturated carbocycles. The minimum Gasteiger partial charge on any atom is -0.507 e. The van der Waals surface area contributed by atoms with Crippen molar-refractivity contribution in [3.8, 4) is 5.75 Å². The number of pyridine rings is 1. The molecule has 2 heterocycles. The Bertz CT molecular complexity index is 764. The minimum absolute atomic E-state index is 0.0509. The lowest BCUT2D eigenvalue weighted by molar-refractivity contribution is 0.0851. The van der Waals surface area contributed by atoms with Gasteiger partial charge in [0.25, 0.3) is 0 Å². The van der Waals surface area contributed by atoms with E-state index in [-0.39, 0.29) is 17.5 Å². The Morgan fingerprint density at radius 2 is 1.89 bits per heavy atom. The average molecular weight is 369 g/mol. The van der Waals surface area contributed by atoms with Crippen LogP contribution in [0.25, 0.3) is 0 Å². The Balaban J connectivity index is 0.000000223. The smallest absolute Gasteiger partial charge is 0.184 e. The number of hydrogen-bond donors (Lipinski definition) is 2. The monoisotopic (exact) mass is 369 g/mol. The Morgan fingerprint density at radius 1 is 1.22 bits per heavy atom. The van der Waals surface area contributed by atoms with E-state index in [9.17, 15) is 9.59 Å².